The molecule has 7 nitrogen and oxygen atoms in total. The second-order valence-electron chi connectivity index (χ2n) is 12.0. The van der Waals surface area contributed by atoms with Crippen molar-refractivity contribution in [2.75, 3.05) is 26.7 Å². The van der Waals surface area contributed by atoms with Gasteiger partial charge in [-0.1, -0.05) is 55.2 Å². The Morgan fingerprint density at radius 3 is 2.46 bits per heavy atom. The van der Waals surface area contributed by atoms with Crippen molar-refractivity contribution < 1.29 is 23.9 Å². The topological polar surface area (TPSA) is 76.2 Å². The van der Waals surface area contributed by atoms with E-state index in [9.17, 15) is 14.4 Å². The van der Waals surface area contributed by atoms with Crippen LogP contribution in [0.25, 0.3) is 0 Å². The number of hydrogen-bond acceptors (Lipinski definition) is 6. The number of ether oxygens (including phenoxy) is 2. The van der Waals surface area contributed by atoms with E-state index in [1.54, 1.807) is 18.2 Å². The van der Waals surface area contributed by atoms with Crippen LogP contribution < -0.4 is 4.74 Å². The fraction of sp³-hybridized carbons (Fsp3) is 0.531. The first-order chi connectivity index (χ1) is 19.3. The van der Waals surface area contributed by atoms with Crippen molar-refractivity contribution in [1.82, 2.24) is 9.80 Å². The molecule has 2 aromatic carbocycles. The molecule has 0 unspecified atom stereocenters. The molecule has 4 rings (SSSR count). The van der Waals surface area contributed by atoms with Gasteiger partial charge in [-0.2, -0.15) is 0 Å². The summed E-state index contributed by atoms with van der Waals surface area (Å²) in [5.74, 6) is 0.0186. The number of likely N-dealkylation sites (N-methyl/N-ethyl adjacent to an activating group) is 1. The average Bonchev–Trinajstić information content (AvgIpc) is 2.88. The molecule has 41 heavy (non-hydrogen) atoms. The number of halogens is 2. The maximum Gasteiger partial charge on any atom is 0.308 e. The molecular weight excluding hydrogens is 563 g/mol. The van der Waals surface area contributed by atoms with Gasteiger partial charge in [0.2, 0.25) is 5.91 Å². The summed E-state index contributed by atoms with van der Waals surface area (Å²) in [5.41, 5.74) is 0.402. The number of hydrogen-bond donors (Lipinski definition) is 0. The maximum atomic E-state index is 13.9. The minimum absolute atomic E-state index is 0.0267. The molecule has 2 aromatic rings. The fourth-order valence-corrected chi connectivity index (χ4v) is 7.15. The lowest BCUT2D eigenvalue weighted by Gasteiger charge is -2.60. The standard InChI is InChI=1S/C32H40Cl2N2O5/c1-21(2)19-36(30(39)16-24-9-10-28(33)29(34)15-24)26-11-12-32(41-23(4)38)20-35(5)14-13-31(32,18-26)25-7-6-8-27(17-25)40-22(3)37/h6-10,15,17,21,26H,11-14,16,18-20H2,1-5H3/t26-,31+,32+/m1/s1. The number of likely N-dealkylation sites (tertiary alicyclic amines) is 1. The zero-order chi connectivity index (χ0) is 29.9. The molecule has 1 aliphatic heterocycles. The predicted octanol–water partition coefficient (Wildman–Crippen LogP) is 6.07. The zero-order valence-corrected chi connectivity index (χ0v) is 26.1. The Labute approximate surface area is 253 Å². The second-order valence-corrected chi connectivity index (χ2v) is 12.9. The number of carbonyl (C=O) groups excluding carboxylic acids is 3. The first kappa shape index (κ1) is 31.3. The van der Waals surface area contributed by atoms with Gasteiger partial charge in [0.25, 0.3) is 0 Å². The summed E-state index contributed by atoms with van der Waals surface area (Å²) in [6.07, 6.45) is 2.87. The molecule has 1 aliphatic carbocycles. The van der Waals surface area contributed by atoms with Crippen molar-refractivity contribution in [3.05, 3.63) is 63.6 Å². The van der Waals surface area contributed by atoms with Crippen molar-refractivity contribution in [2.24, 2.45) is 5.92 Å². The van der Waals surface area contributed by atoms with E-state index in [4.69, 9.17) is 32.7 Å². The molecule has 0 radical (unpaired) electrons. The summed E-state index contributed by atoms with van der Waals surface area (Å²) in [6.45, 7) is 9.05. The molecule has 0 N–H and O–H groups in total. The van der Waals surface area contributed by atoms with E-state index in [2.05, 4.69) is 18.7 Å². The van der Waals surface area contributed by atoms with Gasteiger partial charge in [0.15, 0.2) is 0 Å². The third-order valence-corrected chi connectivity index (χ3v) is 9.17. The van der Waals surface area contributed by atoms with Crippen LogP contribution in [0.4, 0.5) is 0 Å². The molecule has 0 bridgehead atoms. The summed E-state index contributed by atoms with van der Waals surface area (Å²) in [4.78, 5) is 42.5. The van der Waals surface area contributed by atoms with Gasteiger partial charge in [-0.15, -0.1) is 0 Å². The van der Waals surface area contributed by atoms with E-state index in [0.29, 0.717) is 48.1 Å². The lowest BCUT2D eigenvalue weighted by molar-refractivity contribution is -0.189. The highest BCUT2D eigenvalue weighted by Gasteiger charge is 2.61. The normalized spacial score (nSPS) is 24.4. The van der Waals surface area contributed by atoms with Crippen LogP contribution in [0.2, 0.25) is 10.0 Å². The summed E-state index contributed by atoms with van der Waals surface area (Å²) < 4.78 is 11.8. The Hall–Kier alpha value is -2.61. The highest BCUT2D eigenvalue weighted by Crippen LogP contribution is 2.54. The van der Waals surface area contributed by atoms with Gasteiger partial charge < -0.3 is 19.3 Å². The number of benzene rings is 2. The summed E-state index contributed by atoms with van der Waals surface area (Å²) in [7, 11) is 2.04. The second kappa shape index (κ2) is 12.7. The molecule has 1 saturated heterocycles. The largest absolute Gasteiger partial charge is 0.457 e. The smallest absolute Gasteiger partial charge is 0.308 e. The molecule has 1 amide bonds. The molecule has 0 spiro atoms. The van der Waals surface area contributed by atoms with Gasteiger partial charge in [0, 0.05) is 38.4 Å². The Balaban J connectivity index is 1.76. The van der Waals surface area contributed by atoms with Gasteiger partial charge in [-0.25, -0.2) is 0 Å². The van der Waals surface area contributed by atoms with Crippen molar-refractivity contribution in [3.63, 3.8) is 0 Å². The average molecular weight is 604 g/mol. The molecule has 0 aromatic heterocycles. The molecule has 222 valence electrons. The van der Waals surface area contributed by atoms with Crippen LogP contribution in [0.5, 0.6) is 5.75 Å². The van der Waals surface area contributed by atoms with E-state index in [1.807, 2.05) is 36.2 Å². The van der Waals surface area contributed by atoms with Gasteiger partial charge >= 0.3 is 11.9 Å². The summed E-state index contributed by atoms with van der Waals surface area (Å²) in [6, 6.07) is 12.8. The highest BCUT2D eigenvalue weighted by molar-refractivity contribution is 6.42. The molecule has 2 fully saturated rings. The number of fused-ring (bicyclic) bond motifs is 1. The third kappa shape index (κ3) is 6.90. The van der Waals surface area contributed by atoms with Crippen molar-refractivity contribution in [2.45, 2.75) is 76.9 Å². The lowest BCUT2D eigenvalue weighted by Crippen LogP contribution is -2.68. The number of rotatable bonds is 8. The lowest BCUT2D eigenvalue weighted by atomic mass is 9.55. The van der Waals surface area contributed by atoms with Crippen LogP contribution in [0.3, 0.4) is 0 Å². The maximum absolute atomic E-state index is 13.9. The number of carbonyl (C=O) groups is 3. The molecule has 1 saturated carbocycles. The Kier molecular flexibility index (Phi) is 9.72. The van der Waals surface area contributed by atoms with Crippen LogP contribution in [-0.2, 0) is 31.0 Å². The van der Waals surface area contributed by atoms with Crippen LogP contribution in [-0.4, -0.2) is 66.0 Å². The van der Waals surface area contributed by atoms with E-state index < -0.39 is 17.0 Å². The molecule has 1 heterocycles. The number of esters is 2. The minimum Gasteiger partial charge on any atom is -0.457 e. The first-order valence-electron chi connectivity index (χ1n) is 14.2. The monoisotopic (exact) mass is 602 g/mol. The van der Waals surface area contributed by atoms with Crippen molar-refractivity contribution in [3.8, 4) is 5.75 Å². The molecule has 2 aliphatic rings. The number of piperidine rings is 1. The van der Waals surface area contributed by atoms with Crippen LogP contribution in [0, 0.1) is 5.92 Å². The van der Waals surface area contributed by atoms with Crippen LogP contribution >= 0.6 is 23.2 Å². The Morgan fingerprint density at radius 1 is 1.05 bits per heavy atom. The highest BCUT2D eigenvalue weighted by atomic mass is 35.5. The molecule has 9 heteroatoms. The molecule has 3 atom stereocenters. The third-order valence-electron chi connectivity index (χ3n) is 8.43. The van der Waals surface area contributed by atoms with E-state index in [1.165, 1.54) is 13.8 Å². The van der Waals surface area contributed by atoms with E-state index in [0.717, 1.165) is 24.1 Å². The zero-order valence-electron chi connectivity index (χ0n) is 24.5. The van der Waals surface area contributed by atoms with Gasteiger partial charge in [-0.3, -0.25) is 14.4 Å². The van der Waals surface area contributed by atoms with Crippen LogP contribution in [0.15, 0.2) is 42.5 Å². The summed E-state index contributed by atoms with van der Waals surface area (Å²) in [5, 5.41) is 0.880. The minimum atomic E-state index is -0.784. The predicted molar refractivity (Wildman–Crippen MR) is 160 cm³/mol. The summed E-state index contributed by atoms with van der Waals surface area (Å²) >= 11 is 12.4. The Bertz CT molecular complexity index is 1300. The van der Waals surface area contributed by atoms with Gasteiger partial charge in [0.05, 0.1) is 16.5 Å². The van der Waals surface area contributed by atoms with Crippen molar-refractivity contribution in [1.29, 1.82) is 0 Å². The quantitative estimate of drug-likeness (QED) is 0.269. The van der Waals surface area contributed by atoms with E-state index >= 15 is 0 Å². The van der Waals surface area contributed by atoms with Crippen molar-refractivity contribution >= 4 is 41.0 Å². The number of amides is 1. The fourth-order valence-electron chi connectivity index (χ4n) is 6.83. The van der Waals surface area contributed by atoms with Gasteiger partial charge in [-0.05, 0) is 80.6 Å². The first-order valence-corrected chi connectivity index (χ1v) is 15.0. The van der Waals surface area contributed by atoms with E-state index in [-0.39, 0.29) is 30.3 Å². The van der Waals surface area contributed by atoms with Crippen LogP contribution in [0.1, 0.15) is 64.5 Å². The molecular formula is C32H40Cl2N2O5. The van der Waals surface area contributed by atoms with Gasteiger partial charge in [0.1, 0.15) is 11.4 Å². The number of nitrogens with zero attached hydrogens (tertiary/aromatic N) is 2. The Morgan fingerprint density at radius 2 is 1.80 bits per heavy atom. The SMILES string of the molecule is CC(=O)Oc1cccc([C@@]23CCN(C)C[C@@]2(OC(C)=O)CC[C@@H](N(CC(C)C)C(=O)Cc2ccc(Cl)c(Cl)c2)C3)c1.